The maximum Gasteiger partial charge on any atom is 0.319 e. The molecule has 5 aromatic rings. The molecule has 4 aromatic carbocycles. The molecule has 0 aliphatic rings. The zero-order valence-corrected chi connectivity index (χ0v) is 30.2. The predicted molar refractivity (Wildman–Crippen MR) is 213 cm³/mol. The number of carbonyl (C=O) groups is 4. The van der Waals surface area contributed by atoms with Gasteiger partial charge in [-0.25, -0.2) is 19.2 Å². The van der Waals surface area contributed by atoms with Gasteiger partial charge in [0.2, 0.25) is 0 Å². The lowest BCUT2D eigenvalue weighted by molar-refractivity contribution is 0.244. The Hall–Kier alpha value is -6.89. The first-order valence-electron chi connectivity index (χ1n) is 17.5. The summed E-state index contributed by atoms with van der Waals surface area (Å²) >= 11 is 0. The molecule has 5 rings (SSSR count). The third-order valence-electron chi connectivity index (χ3n) is 8.67. The highest BCUT2D eigenvalue weighted by atomic mass is 16.2. The van der Waals surface area contributed by atoms with Crippen molar-refractivity contribution < 1.29 is 19.2 Å². The van der Waals surface area contributed by atoms with Crippen LogP contribution in [0.1, 0.15) is 25.2 Å². The van der Waals surface area contributed by atoms with Gasteiger partial charge >= 0.3 is 24.1 Å². The van der Waals surface area contributed by atoms with Crippen LogP contribution in [0, 0.1) is 0 Å². The van der Waals surface area contributed by atoms with Crippen molar-refractivity contribution in [2.45, 2.75) is 24.7 Å². The summed E-state index contributed by atoms with van der Waals surface area (Å²) in [6.07, 6.45) is 0. The van der Waals surface area contributed by atoms with E-state index in [0.29, 0.717) is 34.1 Å². The zero-order chi connectivity index (χ0) is 38.2. The number of nitrogens with one attached hydrogen (secondary N) is 8. The van der Waals surface area contributed by atoms with Crippen LogP contribution < -0.4 is 42.5 Å². The maximum atomic E-state index is 13.0. The van der Waals surface area contributed by atoms with E-state index in [0.717, 1.165) is 0 Å². The van der Waals surface area contributed by atoms with E-state index in [1.165, 1.54) is 0 Å². The third-order valence-corrected chi connectivity index (χ3v) is 8.67. The maximum absolute atomic E-state index is 13.0. The summed E-state index contributed by atoms with van der Waals surface area (Å²) in [4.78, 5) is 57.2. The Balaban J connectivity index is 1.38. The molecule has 0 saturated carbocycles. The number of anilines is 4. The number of benzene rings is 4. The van der Waals surface area contributed by atoms with Gasteiger partial charge in [0.05, 0.1) is 11.4 Å². The average Bonchev–Trinajstić information content (AvgIpc) is 3.19. The number of pyridine rings is 1. The first-order valence-corrected chi connectivity index (χ1v) is 17.5. The summed E-state index contributed by atoms with van der Waals surface area (Å²) in [5.41, 5.74) is 1.79. The lowest BCUT2D eigenvalue weighted by Crippen LogP contribution is -2.50. The number of nitrogens with zero attached hydrogens (tertiary/aromatic N) is 1. The molecule has 8 amide bonds. The summed E-state index contributed by atoms with van der Waals surface area (Å²) in [7, 11) is 0. The van der Waals surface area contributed by atoms with Crippen LogP contribution in [-0.4, -0.2) is 55.3 Å². The summed E-state index contributed by atoms with van der Waals surface area (Å²) in [5.74, 6) is 0. The van der Waals surface area contributed by atoms with Crippen molar-refractivity contribution in [3.63, 3.8) is 0 Å². The molecule has 0 unspecified atom stereocenters. The lowest BCUT2D eigenvalue weighted by Gasteiger charge is -2.33. The van der Waals surface area contributed by atoms with Crippen molar-refractivity contribution in [2.75, 3.05) is 47.4 Å². The molecule has 278 valence electrons. The van der Waals surface area contributed by atoms with E-state index in [1.54, 1.807) is 48.5 Å². The van der Waals surface area contributed by atoms with Crippen LogP contribution in [0.5, 0.6) is 0 Å². The normalized spacial score (nSPS) is 11.0. The molecule has 0 radical (unpaired) electrons. The molecule has 1 heterocycles. The number of aromatic nitrogens is 1. The number of para-hydroxylation sites is 4. The molecule has 8 N–H and O–H groups in total. The molecule has 0 bridgehead atoms. The number of hydrogen-bond acceptors (Lipinski definition) is 5. The van der Waals surface area contributed by atoms with E-state index in [1.807, 2.05) is 105 Å². The minimum Gasteiger partial charge on any atom is -0.337 e. The molecule has 0 saturated heterocycles. The molecule has 1 aromatic heterocycles. The minimum absolute atomic E-state index is 0.0971. The molecule has 0 aliphatic carbocycles. The first-order chi connectivity index (χ1) is 26.1. The Bertz CT molecular complexity index is 1730. The zero-order valence-electron chi connectivity index (χ0n) is 30.2. The van der Waals surface area contributed by atoms with Crippen LogP contribution in [0.2, 0.25) is 0 Å². The van der Waals surface area contributed by atoms with Gasteiger partial charge in [-0.05, 0) is 60.7 Å². The van der Waals surface area contributed by atoms with E-state index in [4.69, 9.17) is 4.98 Å². The predicted octanol–water partition coefficient (Wildman–Crippen LogP) is 6.88. The summed E-state index contributed by atoms with van der Waals surface area (Å²) in [6, 6.07) is 40.0. The fourth-order valence-electron chi connectivity index (χ4n) is 5.48. The van der Waals surface area contributed by atoms with E-state index < -0.39 is 35.0 Å². The van der Waals surface area contributed by atoms with Crippen LogP contribution in [0.3, 0.4) is 0 Å². The first kappa shape index (κ1) is 38.3. The van der Waals surface area contributed by atoms with Crippen molar-refractivity contribution in [1.29, 1.82) is 0 Å². The number of carbonyl (C=O) groups excluding carboxylic acids is 4. The molecule has 0 fully saturated rings. The number of urea groups is 4. The van der Waals surface area contributed by atoms with Gasteiger partial charge in [-0.15, -0.1) is 0 Å². The van der Waals surface area contributed by atoms with E-state index >= 15 is 0 Å². The van der Waals surface area contributed by atoms with E-state index in [9.17, 15) is 19.2 Å². The largest absolute Gasteiger partial charge is 0.337 e. The fraction of sp³-hybridized carbons (Fsp3) is 0.195. The Kier molecular flexibility index (Phi) is 13.2. The molecular formula is C41H45N9O4. The Morgan fingerprint density at radius 1 is 0.389 bits per heavy atom. The lowest BCUT2D eigenvalue weighted by atomic mass is 9.82. The standard InChI is InChI=1S/C41H45N9O4/c1-40(26-42-36(51)46-30-16-7-3-8-17-30,27-43-37(52)47-31-18-9-4-10-19-31)34-24-15-25-35(50-34)41(2,28-44-38(53)48-32-20-11-5-12-21-32)29-45-39(54)49-33-22-13-6-14-23-33/h3-25H,26-29H2,1-2H3,(H2,42,46,51)(H2,43,47,52)(H2,44,48,53)(H2,45,49,54). The van der Waals surface area contributed by atoms with Gasteiger partial charge in [0.15, 0.2) is 0 Å². The second kappa shape index (κ2) is 18.6. The Morgan fingerprint density at radius 2 is 0.630 bits per heavy atom. The van der Waals surface area contributed by atoms with Gasteiger partial charge in [-0.1, -0.05) is 92.7 Å². The monoisotopic (exact) mass is 727 g/mol. The van der Waals surface area contributed by atoms with E-state index in [2.05, 4.69) is 42.5 Å². The molecule has 13 heteroatoms. The van der Waals surface area contributed by atoms with Gasteiger partial charge in [0, 0.05) is 59.8 Å². The summed E-state index contributed by atoms with van der Waals surface area (Å²) < 4.78 is 0. The number of hydrogen-bond donors (Lipinski definition) is 8. The Labute approximate surface area is 314 Å². The topological polar surface area (TPSA) is 177 Å². The van der Waals surface area contributed by atoms with Crippen molar-refractivity contribution in [1.82, 2.24) is 26.3 Å². The molecule has 0 aliphatic heterocycles. The van der Waals surface area contributed by atoms with Gasteiger partial charge in [0.25, 0.3) is 0 Å². The van der Waals surface area contributed by atoms with Crippen LogP contribution in [0.15, 0.2) is 140 Å². The van der Waals surface area contributed by atoms with Crippen molar-refractivity contribution in [3.05, 3.63) is 151 Å². The summed E-state index contributed by atoms with van der Waals surface area (Å²) in [6.45, 7) is 4.16. The highest BCUT2D eigenvalue weighted by Gasteiger charge is 2.34. The number of amides is 8. The molecule has 0 spiro atoms. The van der Waals surface area contributed by atoms with E-state index in [-0.39, 0.29) is 26.2 Å². The molecular weight excluding hydrogens is 683 g/mol. The summed E-state index contributed by atoms with van der Waals surface area (Å²) in [5, 5.41) is 23.0. The van der Waals surface area contributed by atoms with Gasteiger partial charge < -0.3 is 42.5 Å². The van der Waals surface area contributed by atoms with Crippen LogP contribution in [0.4, 0.5) is 41.9 Å². The van der Waals surface area contributed by atoms with Crippen LogP contribution in [-0.2, 0) is 10.8 Å². The van der Waals surface area contributed by atoms with Crippen LogP contribution in [0.25, 0.3) is 0 Å². The highest BCUT2D eigenvalue weighted by Crippen LogP contribution is 2.27. The number of rotatable bonds is 14. The molecule has 0 atom stereocenters. The van der Waals surface area contributed by atoms with Gasteiger partial charge in [0.1, 0.15) is 0 Å². The average molecular weight is 728 g/mol. The van der Waals surface area contributed by atoms with Crippen molar-refractivity contribution in [3.8, 4) is 0 Å². The van der Waals surface area contributed by atoms with Crippen molar-refractivity contribution >= 4 is 46.9 Å². The second-order valence-corrected chi connectivity index (χ2v) is 13.2. The van der Waals surface area contributed by atoms with Gasteiger partial charge in [-0.3, -0.25) is 4.98 Å². The molecule has 13 nitrogen and oxygen atoms in total. The highest BCUT2D eigenvalue weighted by molar-refractivity contribution is 5.91. The smallest absolute Gasteiger partial charge is 0.319 e. The fourth-order valence-corrected chi connectivity index (χ4v) is 5.48. The minimum atomic E-state index is -0.921. The van der Waals surface area contributed by atoms with Crippen molar-refractivity contribution in [2.24, 2.45) is 0 Å². The second-order valence-electron chi connectivity index (χ2n) is 13.2. The van der Waals surface area contributed by atoms with Gasteiger partial charge in [-0.2, -0.15) is 0 Å². The quantitative estimate of drug-likeness (QED) is 0.0621. The van der Waals surface area contributed by atoms with Crippen LogP contribution >= 0.6 is 0 Å². The Morgan fingerprint density at radius 3 is 0.870 bits per heavy atom. The SMILES string of the molecule is CC(CNC(=O)Nc1ccccc1)(CNC(=O)Nc1ccccc1)c1cccc(C(C)(CNC(=O)Nc2ccccc2)CNC(=O)Nc2ccccc2)n1. The third kappa shape index (κ3) is 11.6. The molecule has 54 heavy (non-hydrogen) atoms.